The van der Waals surface area contributed by atoms with Gasteiger partial charge in [-0.15, -0.1) is 0 Å². The Labute approximate surface area is 236 Å². The third-order valence-corrected chi connectivity index (χ3v) is 6.50. The molecule has 0 amide bonds. The van der Waals surface area contributed by atoms with Gasteiger partial charge in [0.25, 0.3) is 5.56 Å². The van der Waals surface area contributed by atoms with Crippen molar-refractivity contribution in [3.05, 3.63) is 87.2 Å². The minimum Gasteiger partial charge on any atom is -0.435 e. The molecule has 0 aliphatic carbocycles. The zero-order valence-electron chi connectivity index (χ0n) is 24.0. The molecule has 0 fully saturated rings. The number of carbonyl (C=O) groups excluding carboxylic acids is 1. The number of aldehydes is 1. The first-order chi connectivity index (χ1) is 19.3. The maximum atomic E-state index is 12.1. The van der Waals surface area contributed by atoms with Crippen LogP contribution in [0.3, 0.4) is 0 Å². The number of aryl methyl sites for hydroxylation is 1. The van der Waals surface area contributed by atoms with Crippen LogP contribution in [0.1, 0.15) is 39.5 Å². The van der Waals surface area contributed by atoms with Crippen molar-refractivity contribution >= 4 is 25.6 Å². The third-order valence-electron chi connectivity index (χ3n) is 5.32. The minimum atomic E-state index is -1.63. The molecule has 10 nitrogen and oxygen atoms in total. The van der Waals surface area contributed by atoms with Gasteiger partial charge in [0.1, 0.15) is 18.1 Å². The van der Waals surface area contributed by atoms with E-state index in [4.69, 9.17) is 18.5 Å². The van der Waals surface area contributed by atoms with Gasteiger partial charge in [0.05, 0.1) is 13.2 Å². The summed E-state index contributed by atoms with van der Waals surface area (Å²) in [4.78, 5) is 36.8. The van der Waals surface area contributed by atoms with Crippen LogP contribution in [0, 0.1) is 12.8 Å². The summed E-state index contributed by atoms with van der Waals surface area (Å²) in [5.74, 6) is 1.32. The molecule has 2 N–H and O–H groups in total. The molecule has 1 aliphatic heterocycles. The Morgan fingerprint density at radius 2 is 1.85 bits per heavy atom. The first kappa shape index (κ1) is 33.1. The zero-order chi connectivity index (χ0) is 29.5. The van der Waals surface area contributed by atoms with E-state index in [1.807, 2.05) is 56.3 Å². The highest BCUT2D eigenvalue weighted by molar-refractivity contribution is 7.45. The van der Waals surface area contributed by atoms with Gasteiger partial charge in [-0.05, 0) is 30.4 Å². The Morgan fingerprint density at radius 1 is 1.12 bits per heavy atom. The molecule has 1 aliphatic rings. The van der Waals surface area contributed by atoms with Crippen molar-refractivity contribution in [2.45, 2.75) is 47.0 Å². The number of nitrogens with one attached hydrogen (secondary N) is 2. The highest BCUT2D eigenvalue weighted by Gasteiger charge is 2.24. The second-order valence-corrected chi connectivity index (χ2v) is 10.2. The number of carbonyl (C=O) groups is 1. The molecule has 3 unspecified atom stereocenters. The molecular formula is C29H40N3O7P. The fourth-order valence-electron chi connectivity index (χ4n) is 3.57. The molecule has 1 aromatic heterocycles. The van der Waals surface area contributed by atoms with Crippen LogP contribution in [0.2, 0.25) is 0 Å². The number of fused-ring (bicyclic) bond motifs is 1. The largest absolute Gasteiger partial charge is 0.435 e. The molecule has 40 heavy (non-hydrogen) atoms. The van der Waals surface area contributed by atoms with Crippen LogP contribution in [0.15, 0.2) is 70.4 Å². The number of aromatic amines is 1. The van der Waals surface area contributed by atoms with E-state index in [9.17, 15) is 14.4 Å². The van der Waals surface area contributed by atoms with E-state index < -0.39 is 32.1 Å². The van der Waals surface area contributed by atoms with Crippen molar-refractivity contribution in [1.82, 2.24) is 14.6 Å². The Bertz CT molecular complexity index is 1330. The predicted molar refractivity (Wildman–Crippen MR) is 159 cm³/mol. The van der Waals surface area contributed by atoms with Gasteiger partial charge in [0.2, 0.25) is 0 Å². The van der Waals surface area contributed by atoms with Crippen molar-refractivity contribution in [3.63, 3.8) is 0 Å². The summed E-state index contributed by atoms with van der Waals surface area (Å²) in [7, 11) is 0.0946. The van der Waals surface area contributed by atoms with E-state index >= 15 is 0 Å². The summed E-state index contributed by atoms with van der Waals surface area (Å²) in [6, 6.07) is 13.5. The number of hydrogen-bond acceptors (Lipinski definition) is 8. The fourth-order valence-corrected chi connectivity index (χ4v) is 4.62. The molecule has 2 aromatic carbocycles. The van der Waals surface area contributed by atoms with Crippen molar-refractivity contribution in [2.24, 2.45) is 5.92 Å². The lowest BCUT2D eigenvalue weighted by Gasteiger charge is -2.21. The van der Waals surface area contributed by atoms with Crippen LogP contribution in [-0.2, 0) is 18.8 Å². The van der Waals surface area contributed by atoms with Crippen LogP contribution in [-0.4, -0.2) is 48.8 Å². The minimum absolute atomic E-state index is 0.0759. The van der Waals surface area contributed by atoms with Crippen molar-refractivity contribution < 1.29 is 23.3 Å². The first-order valence-electron chi connectivity index (χ1n) is 13.2. The van der Waals surface area contributed by atoms with Gasteiger partial charge >= 0.3 is 14.2 Å². The molecule has 0 saturated carbocycles. The topological polar surface area (TPSA) is 121 Å². The van der Waals surface area contributed by atoms with E-state index in [1.54, 1.807) is 26.2 Å². The predicted octanol–water partition coefficient (Wildman–Crippen LogP) is 4.88. The maximum Gasteiger partial charge on any atom is 0.330 e. The molecule has 218 valence electrons. The van der Waals surface area contributed by atoms with Gasteiger partial charge in [-0.1, -0.05) is 70.2 Å². The number of benzene rings is 2. The number of methoxy groups -OCH3 is 1. The van der Waals surface area contributed by atoms with Crippen LogP contribution in [0.4, 0.5) is 0 Å². The molecule has 11 heteroatoms. The average molecular weight is 574 g/mol. The van der Waals surface area contributed by atoms with Crippen LogP contribution >= 0.6 is 8.53 Å². The monoisotopic (exact) mass is 573 g/mol. The van der Waals surface area contributed by atoms with E-state index in [-0.39, 0.29) is 13.2 Å². The van der Waals surface area contributed by atoms with Gasteiger partial charge in [-0.2, -0.15) is 0 Å². The van der Waals surface area contributed by atoms with Crippen LogP contribution in [0.25, 0.3) is 10.8 Å². The first-order valence-corrected chi connectivity index (χ1v) is 14.4. The molecule has 2 heterocycles. The van der Waals surface area contributed by atoms with Gasteiger partial charge in [0, 0.05) is 30.9 Å². The molecule has 4 rings (SSSR count). The lowest BCUT2D eigenvalue weighted by molar-refractivity contribution is -0.106. The quantitative estimate of drug-likeness (QED) is 0.189. The molecule has 0 bridgehead atoms. The SMILES string of the molecule is CC.COCC(C)C.Cc1cn(C2C=CC(COP(NCC=O)Oc3cccc4ccccc34)O2)c(=O)[nH]c1=O. The van der Waals surface area contributed by atoms with E-state index in [0.29, 0.717) is 17.2 Å². The normalized spacial score (nSPS) is 16.6. The van der Waals surface area contributed by atoms with Crippen molar-refractivity contribution in [3.8, 4) is 5.75 Å². The Kier molecular flexibility index (Phi) is 14.5. The lowest BCUT2D eigenvalue weighted by atomic mass is 10.1. The summed E-state index contributed by atoms with van der Waals surface area (Å²) in [6.07, 6.45) is 4.61. The van der Waals surface area contributed by atoms with Gasteiger partial charge < -0.3 is 23.3 Å². The standard InChI is InChI=1S/C22H22N3O6P.C5H12O.C2H6/c1-15-13-25(22(28)24-21(15)27)20-10-9-17(30-20)14-29-32(23-11-12-26)31-19-8-4-6-16-5-2-3-7-18(16)19;1-5(2)4-6-3;1-2/h2-10,12-13,17,20,23H,11,14H2,1H3,(H,24,27,28);5H,4H2,1-3H3;1-2H3. The number of hydrogen-bond donors (Lipinski definition) is 2. The number of nitrogens with zero attached hydrogens (tertiary/aromatic N) is 1. The molecule has 0 saturated heterocycles. The number of H-pyrrole nitrogens is 1. The Balaban J connectivity index is 0.000000622. The molecule has 0 radical (unpaired) electrons. The second kappa shape index (κ2) is 17.5. The zero-order valence-corrected chi connectivity index (χ0v) is 24.9. The summed E-state index contributed by atoms with van der Waals surface area (Å²) >= 11 is 0. The summed E-state index contributed by atoms with van der Waals surface area (Å²) in [5.41, 5.74) is -0.567. The number of aromatic nitrogens is 2. The highest BCUT2D eigenvalue weighted by Crippen LogP contribution is 2.39. The lowest BCUT2D eigenvalue weighted by Crippen LogP contribution is -2.33. The summed E-state index contributed by atoms with van der Waals surface area (Å²) in [6.45, 7) is 11.0. The smallest absolute Gasteiger partial charge is 0.330 e. The molecular weight excluding hydrogens is 533 g/mol. The van der Waals surface area contributed by atoms with E-state index in [1.165, 1.54) is 10.8 Å². The van der Waals surface area contributed by atoms with Crippen molar-refractivity contribution in [2.75, 3.05) is 26.9 Å². The average Bonchev–Trinajstić information content (AvgIpc) is 3.42. The Morgan fingerprint density at radius 3 is 2.52 bits per heavy atom. The fraction of sp³-hybridized carbons (Fsp3) is 0.414. The van der Waals surface area contributed by atoms with Gasteiger partial charge in [0.15, 0.2) is 6.23 Å². The van der Waals surface area contributed by atoms with Crippen LogP contribution < -0.4 is 20.9 Å². The Hall–Kier alpha value is -3.14. The summed E-state index contributed by atoms with van der Waals surface area (Å²) < 4.78 is 23.9. The molecule has 3 aromatic rings. The highest BCUT2D eigenvalue weighted by atomic mass is 31.2. The molecule has 3 atom stereocenters. The van der Waals surface area contributed by atoms with E-state index in [0.717, 1.165) is 23.7 Å². The van der Waals surface area contributed by atoms with Gasteiger partial charge in [-0.3, -0.25) is 14.3 Å². The maximum absolute atomic E-state index is 12.1. The van der Waals surface area contributed by atoms with E-state index in [2.05, 4.69) is 23.9 Å². The third kappa shape index (κ3) is 10.1. The van der Waals surface area contributed by atoms with Gasteiger partial charge in [-0.25, -0.2) is 9.88 Å². The number of rotatable bonds is 11. The molecule has 0 spiro atoms. The number of ether oxygens (including phenoxy) is 2. The van der Waals surface area contributed by atoms with Crippen LogP contribution in [0.5, 0.6) is 5.75 Å². The van der Waals surface area contributed by atoms with Crippen molar-refractivity contribution in [1.29, 1.82) is 0 Å². The second-order valence-electron chi connectivity index (χ2n) is 8.93. The summed E-state index contributed by atoms with van der Waals surface area (Å²) in [5, 5.41) is 4.91.